The van der Waals surface area contributed by atoms with Gasteiger partial charge in [0.05, 0.1) is 11.3 Å². The van der Waals surface area contributed by atoms with Gasteiger partial charge in [0.1, 0.15) is 11.6 Å². The quantitative estimate of drug-likeness (QED) is 0.533. The molecule has 0 unspecified atom stereocenters. The highest BCUT2D eigenvalue weighted by Crippen LogP contribution is 2.31. The van der Waals surface area contributed by atoms with Crippen LogP contribution in [0.1, 0.15) is 11.5 Å². The molecular weight excluding hydrogens is 357 g/mol. The molecule has 3 aromatic rings. The van der Waals surface area contributed by atoms with Crippen LogP contribution in [0, 0.1) is 0 Å². The molecule has 25 heavy (non-hydrogen) atoms. The maximum atomic E-state index is 12.8. The fraction of sp³-hybridized carbons (Fsp3) is 0.143. The summed E-state index contributed by atoms with van der Waals surface area (Å²) in [5, 5.41) is 4.03. The van der Waals surface area contributed by atoms with E-state index in [1.165, 1.54) is 18.2 Å². The fourth-order valence-corrected chi connectivity index (χ4v) is 2.63. The van der Waals surface area contributed by atoms with Crippen molar-refractivity contribution in [3.8, 4) is 11.4 Å². The molecule has 0 atom stereocenters. The summed E-state index contributed by atoms with van der Waals surface area (Å²) in [7, 11) is 0. The van der Waals surface area contributed by atoms with Gasteiger partial charge < -0.3 is 16.0 Å². The van der Waals surface area contributed by atoms with Crippen LogP contribution in [0.3, 0.4) is 0 Å². The molecule has 2 heterocycles. The van der Waals surface area contributed by atoms with Gasteiger partial charge in [-0.05, 0) is 12.1 Å². The number of halogens is 3. The van der Waals surface area contributed by atoms with Crippen LogP contribution in [-0.2, 0) is 11.9 Å². The van der Waals surface area contributed by atoms with Crippen LogP contribution >= 0.6 is 11.8 Å². The number of benzene rings is 1. The van der Waals surface area contributed by atoms with Gasteiger partial charge in [-0.2, -0.15) is 18.2 Å². The van der Waals surface area contributed by atoms with Crippen molar-refractivity contribution < 1.29 is 17.7 Å². The first-order valence-corrected chi connectivity index (χ1v) is 7.83. The Bertz CT molecular complexity index is 878. The van der Waals surface area contributed by atoms with E-state index in [1.807, 2.05) is 0 Å². The lowest BCUT2D eigenvalue weighted by Gasteiger charge is -2.06. The number of nitrogens with zero attached hydrogens (tertiary/aromatic N) is 4. The lowest BCUT2D eigenvalue weighted by Crippen LogP contribution is -2.04. The molecule has 0 aliphatic carbocycles. The highest BCUT2D eigenvalue weighted by Gasteiger charge is 2.30. The zero-order valence-electron chi connectivity index (χ0n) is 12.5. The average molecular weight is 368 g/mol. The summed E-state index contributed by atoms with van der Waals surface area (Å²) in [5.74, 6) is 0.946. The van der Waals surface area contributed by atoms with Crippen LogP contribution in [0.2, 0.25) is 0 Å². The summed E-state index contributed by atoms with van der Waals surface area (Å²) in [4.78, 5) is 12.1. The predicted octanol–water partition coefficient (Wildman–Crippen LogP) is 3.00. The van der Waals surface area contributed by atoms with Gasteiger partial charge in [-0.15, -0.1) is 0 Å². The molecule has 0 spiro atoms. The minimum absolute atomic E-state index is 0.0645. The first kappa shape index (κ1) is 17.0. The van der Waals surface area contributed by atoms with Gasteiger partial charge in [-0.3, -0.25) is 0 Å². The second kappa shape index (κ2) is 6.59. The lowest BCUT2D eigenvalue weighted by atomic mass is 10.1. The summed E-state index contributed by atoms with van der Waals surface area (Å²) in [6.45, 7) is 0. The fourth-order valence-electron chi connectivity index (χ4n) is 1.92. The zero-order chi connectivity index (χ0) is 18.0. The summed E-state index contributed by atoms with van der Waals surface area (Å²) < 4.78 is 43.3. The number of hydrogen-bond donors (Lipinski definition) is 2. The van der Waals surface area contributed by atoms with Crippen LogP contribution in [0.5, 0.6) is 0 Å². The van der Waals surface area contributed by atoms with Gasteiger partial charge in [0, 0.05) is 11.6 Å². The molecule has 0 bridgehead atoms. The number of nitrogen functional groups attached to an aromatic ring is 2. The summed E-state index contributed by atoms with van der Waals surface area (Å²) in [5.41, 5.74) is 10.6. The summed E-state index contributed by atoms with van der Waals surface area (Å²) in [6, 6.07) is 6.11. The summed E-state index contributed by atoms with van der Waals surface area (Å²) in [6.07, 6.45) is -4.44. The van der Waals surface area contributed by atoms with Crippen molar-refractivity contribution in [1.29, 1.82) is 0 Å². The van der Waals surface area contributed by atoms with Crippen LogP contribution in [0.25, 0.3) is 11.4 Å². The maximum Gasteiger partial charge on any atom is 0.416 e. The number of anilines is 2. The van der Waals surface area contributed by atoms with Crippen LogP contribution < -0.4 is 11.5 Å². The first-order valence-electron chi connectivity index (χ1n) is 6.84. The Morgan fingerprint density at radius 1 is 1.04 bits per heavy atom. The van der Waals surface area contributed by atoms with Crippen molar-refractivity contribution in [2.75, 3.05) is 11.5 Å². The topological polar surface area (TPSA) is 117 Å². The van der Waals surface area contributed by atoms with E-state index in [4.69, 9.17) is 16.0 Å². The molecule has 3 rings (SSSR count). The number of alkyl halides is 3. The van der Waals surface area contributed by atoms with Gasteiger partial charge in [0.25, 0.3) is 0 Å². The Morgan fingerprint density at radius 3 is 2.44 bits per heavy atom. The molecule has 0 aliphatic rings. The smallest absolute Gasteiger partial charge is 0.383 e. The second-order valence-electron chi connectivity index (χ2n) is 4.88. The number of rotatable bonds is 4. The van der Waals surface area contributed by atoms with E-state index in [1.54, 1.807) is 0 Å². The minimum atomic E-state index is -4.44. The first-order chi connectivity index (χ1) is 11.8. The molecule has 0 radical (unpaired) electrons. The number of nitrogens with two attached hydrogens (primary N) is 2. The molecule has 0 saturated heterocycles. The van der Waals surface area contributed by atoms with Crippen molar-refractivity contribution in [3.05, 3.63) is 41.8 Å². The number of hydrogen-bond acceptors (Lipinski definition) is 8. The van der Waals surface area contributed by atoms with E-state index in [0.29, 0.717) is 5.16 Å². The van der Waals surface area contributed by atoms with E-state index in [9.17, 15) is 13.2 Å². The van der Waals surface area contributed by atoms with Gasteiger partial charge >= 0.3 is 6.18 Å². The third kappa shape index (κ3) is 4.18. The molecule has 2 aromatic heterocycles. The van der Waals surface area contributed by atoms with Gasteiger partial charge in [0.15, 0.2) is 5.16 Å². The summed E-state index contributed by atoms with van der Waals surface area (Å²) >= 11 is 1.16. The molecule has 0 aliphatic heterocycles. The predicted molar refractivity (Wildman–Crippen MR) is 85.2 cm³/mol. The maximum absolute atomic E-state index is 12.8. The van der Waals surface area contributed by atoms with E-state index >= 15 is 0 Å². The Kier molecular flexibility index (Phi) is 4.49. The van der Waals surface area contributed by atoms with Crippen LogP contribution in [-0.4, -0.2) is 20.1 Å². The minimum Gasteiger partial charge on any atom is -0.383 e. The van der Waals surface area contributed by atoms with Crippen LogP contribution in [0.4, 0.5) is 24.8 Å². The zero-order valence-corrected chi connectivity index (χ0v) is 13.3. The Morgan fingerprint density at radius 2 is 1.76 bits per heavy atom. The highest BCUT2D eigenvalue weighted by molar-refractivity contribution is 7.98. The standard InChI is InChI=1S/C14H11F3N6OS/c15-14(16,17)8-3-1-2-7(4-8)12-22-11(24-23-12)6-25-13-20-9(18)5-10(19)21-13/h1-5H,6H2,(H4,18,19,20,21). The normalized spacial score (nSPS) is 11.6. The Hall–Kier alpha value is -2.82. The van der Waals surface area contributed by atoms with Gasteiger partial charge in [-0.1, -0.05) is 29.1 Å². The number of thioether (sulfide) groups is 1. The van der Waals surface area contributed by atoms with Gasteiger partial charge in [0.2, 0.25) is 11.7 Å². The molecule has 0 saturated carbocycles. The van der Waals surface area contributed by atoms with Crippen molar-refractivity contribution in [2.45, 2.75) is 17.1 Å². The SMILES string of the molecule is Nc1cc(N)nc(SCc2nc(-c3cccc(C(F)(F)F)c3)no2)n1. The third-order valence-electron chi connectivity index (χ3n) is 2.99. The van der Waals surface area contributed by atoms with Crippen LogP contribution in [0.15, 0.2) is 40.0 Å². The van der Waals surface area contributed by atoms with Crippen molar-refractivity contribution in [2.24, 2.45) is 0 Å². The monoisotopic (exact) mass is 368 g/mol. The van der Waals surface area contributed by atoms with E-state index in [-0.39, 0.29) is 34.7 Å². The van der Waals surface area contributed by atoms with Crippen molar-refractivity contribution in [3.63, 3.8) is 0 Å². The van der Waals surface area contributed by atoms with Crippen molar-refractivity contribution >= 4 is 23.4 Å². The molecule has 0 amide bonds. The molecule has 130 valence electrons. The van der Waals surface area contributed by atoms with Gasteiger partial charge in [-0.25, -0.2) is 9.97 Å². The largest absolute Gasteiger partial charge is 0.416 e. The van der Waals surface area contributed by atoms with Crippen molar-refractivity contribution in [1.82, 2.24) is 20.1 Å². The Labute approximate surface area is 143 Å². The molecule has 0 fully saturated rings. The Balaban J connectivity index is 1.74. The van der Waals surface area contributed by atoms with E-state index in [0.717, 1.165) is 23.9 Å². The molecule has 11 heteroatoms. The number of aromatic nitrogens is 4. The highest BCUT2D eigenvalue weighted by atomic mass is 32.2. The average Bonchev–Trinajstić information content (AvgIpc) is 3.00. The lowest BCUT2D eigenvalue weighted by molar-refractivity contribution is -0.137. The molecule has 1 aromatic carbocycles. The van der Waals surface area contributed by atoms with E-state index in [2.05, 4.69) is 20.1 Å². The molecular formula is C14H11F3N6OS. The second-order valence-corrected chi connectivity index (χ2v) is 5.82. The third-order valence-corrected chi connectivity index (χ3v) is 3.82. The van der Waals surface area contributed by atoms with E-state index < -0.39 is 11.7 Å². The molecule has 4 N–H and O–H groups in total. The molecule has 7 nitrogen and oxygen atoms in total.